The minimum absolute atomic E-state index is 0.0742. The third-order valence-corrected chi connectivity index (χ3v) is 1.39. The maximum absolute atomic E-state index is 5.22. The lowest BCUT2D eigenvalue weighted by Gasteiger charge is -2.09. The molecule has 64 valence electrons. The zero-order valence-corrected chi connectivity index (χ0v) is 7.30. The molecule has 0 amide bonds. The van der Waals surface area contributed by atoms with E-state index < -0.39 is 0 Å². The van der Waals surface area contributed by atoms with Crippen LogP contribution in [0.25, 0.3) is 0 Å². The Bertz CT molecular complexity index is 107. The van der Waals surface area contributed by atoms with Gasteiger partial charge in [-0.25, -0.2) is 0 Å². The van der Waals surface area contributed by atoms with Gasteiger partial charge in [-0.15, -0.1) is 6.42 Å². The fraction of sp³-hybridized carbons (Fsp3) is 0.778. The van der Waals surface area contributed by atoms with Gasteiger partial charge < -0.3 is 9.47 Å². The minimum atomic E-state index is -0.0742. The van der Waals surface area contributed by atoms with Crippen LogP contribution < -0.4 is 0 Å². The molecule has 0 aliphatic rings. The van der Waals surface area contributed by atoms with E-state index in [1.807, 2.05) is 0 Å². The van der Waals surface area contributed by atoms with Gasteiger partial charge in [0.05, 0.1) is 0 Å². The molecule has 0 spiro atoms. The van der Waals surface area contributed by atoms with Gasteiger partial charge in [-0.05, 0) is 6.42 Å². The van der Waals surface area contributed by atoms with Gasteiger partial charge >= 0.3 is 0 Å². The molecule has 0 N–H and O–H groups in total. The third kappa shape index (κ3) is 5.90. The van der Waals surface area contributed by atoms with Gasteiger partial charge in [0.15, 0.2) is 0 Å². The molecule has 0 fully saturated rings. The summed E-state index contributed by atoms with van der Waals surface area (Å²) < 4.78 is 9.92. The second-order valence-electron chi connectivity index (χ2n) is 2.37. The predicted octanol–water partition coefficient (Wildman–Crippen LogP) is 1.80. The molecule has 0 heterocycles. The molecular formula is C9H16O2. The van der Waals surface area contributed by atoms with E-state index in [9.17, 15) is 0 Å². The van der Waals surface area contributed by atoms with Crippen molar-refractivity contribution < 1.29 is 9.47 Å². The molecule has 0 rings (SSSR count). The first-order valence-electron chi connectivity index (χ1n) is 3.91. The molecule has 0 unspecified atom stereocenters. The van der Waals surface area contributed by atoms with Gasteiger partial charge in [-0.3, -0.25) is 0 Å². The first-order valence-corrected chi connectivity index (χ1v) is 3.91. The molecule has 0 aliphatic carbocycles. The number of rotatable bonds is 6. The summed E-state index contributed by atoms with van der Waals surface area (Å²) in [5, 5.41) is 0. The van der Waals surface area contributed by atoms with E-state index in [1.165, 1.54) is 0 Å². The summed E-state index contributed by atoms with van der Waals surface area (Å²) in [5.74, 6) is 2.57. The molecule has 0 radical (unpaired) electrons. The highest BCUT2D eigenvalue weighted by molar-refractivity contribution is 4.94. The lowest BCUT2D eigenvalue weighted by atomic mass is 10.2. The first kappa shape index (κ1) is 10.5. The lowest BCUT2D eigenvalue weighted by Crippen LogP contribution is -2.11. The molecular weight excluding hydrogens is 140 g/mol. The Morgan fingerprint density at radius 2 is 2.27 bits per heavy atom. The Balaban J connectivity index is 3.35. The zero-order valence-electron chi connectivity index (χ0n) is 7.30. The van der Waals surface area contributed by atoms with Crippen LogP contribution in [0.4, 0.5) is 0 Å². The van der Waals surface area contributed by atoms with Gasteiger partial charge in [0, 0.05) is 7.11 Å². The summed E-state index contributed by atoms with van der Waals surface area (Å²) in [6, 6.07) is 0. The van der Waals surface area contributed by atoms with Crippen LogP contribution in [0.2, 0.25) is 0 Å². The third-order valence-electron chi connectivity index (χ3n) is 1.39. The monoisotopic (exact) mass is 156 g/mol. The largest absolute Gasteiger partial charge is 0.359 e. The molecule has 0 bridgehead atoms. The van der Waals surface area contributed by atoms with E-state index in [2.05, 4.69) is 12.8 Å². The second kappa shape index (κ2) is 7.59. The van der Waals surface area contributed by atoms with Crippen LogP contribution in [-0.4, -0.2) is 20.0 Å². The van der Waals surface area contributed by atoms with Crippen LogP contribution in [0, 0.1) is 12.3 Å². The average Bonchev–Trinajstić information content (AvgIpc) is 2.05. The molecule has 2 nitrogen and oxygen atoms in total. The summed E-state index contributed by atoms with van der Waals surface area (Å²) in [4.78, 5) is 0. The second-order valence-corrected chi connectivity index (χ2v) is 2.37. The predicted molar refractivity (Wildman–Crippen MR) is 45.1 cm³/mol. The van der Waals surface area contributed by atoms with Gasteiger partial charge in [0.2, 0.25) is 0 Å². The van der Waals surface area contributed by atoms with Crippen molar-refractivity contribution >= 4 is 0 Å². The minimum Gasteiger partial charge on any atom is -0.359 e. The van der Waals surface area contributed by atoms with Crippen LogP contribution in [0.3, 0.4) is 0 Å². The van der Waals surface area contributed by atoms with Crippen molar-refractivity contribution in [2.24, 2.45) is 0 Å². The molecule has 11 heavy (non-hydrogen) atoms. The number of methoxy groups -OCH3 is 1. The molecule has 0 saturated carbocycles. The van der Waals surface area contributed by atoms with Crippen LogP contribution in [0.5, 0.6) is 0 Å². The van der Waals surface area contributed by atoms with Crippen molar-refractivity contribution in [1.29, 1.82) is 0 Å². The molecule has 0 saturated heterocycles. The smallest absolute Gasteiger partial charge is 0.148 e. The SMILES string of the molecule is C#C[C@H](CCCC)OCOC. The maximum Gasteiger partial charge on any atom is 0.148 e. The Hall–Kier alpha value is -0.520. The van der Waals surface area contributed by atoms with E-state index in [0.29, 0.717) is 6.79 Å². The van der Waals surface area contributed by atoms with Crippen molar-refractivity contribution in [3.05, 3.63) is 0 Å². The Morgan fingerprint density at radius 1 is 1.55 bits per heavy atom. The molecule has 0 aromatic carbocycles. The number of ether oxygens (including phenoxy) is 2. The van der Waals surface area contributed by atoms with Crippen molar-refractivity contribution in [1.82, 2.24) is 0 Å². The Kier molecular flexibility index (Phi) is 7.23. The van der Waals surface area contributed by atoms with E-state index in [1.54, 1.807) is 7.11 Å². The molecule has 2 heteroatoms. The normalized spacial score (nSPS) is 12.5. The summed E-state index contributed by atoms with van der Waals surface area (Å²) in [5.41, 5.74) is 0. The van der Waals surface area contributed by atoms with Gasteiger partial charge in [-0.2, -0.15) is 0 Å². The average molecular weight is 156 g/mol. The number of hydrogen-bond acceptors (Lipinski definition) is 2. The molecule has 1 atom stereocenters. The lowest BCUT2D eigenvalue weighted by molar-refractivity contribution is -0.0547. The maximum atomic E-state index is 5.22. The van der Waals surface area contributed by atoms with E-state index in [0.717, 1.165) is 19.3 Å². The Labute approximate surface area is 68.9 Å². The highest BCUT2D eigenvalue weighted by Gasteiger charge is 2.02. The van der Waals surface area contributed by atoms with E-state index in [-0.39, 0.29) is 6.10 Å². The quantitative estimate of drug-likeness (QED) is 0.431. The fourth-order valence-corrected chi connectivity index (χ4v) is 0.754. The first-order chi connectivity index (χ1) is 5.35. The molecule has 0 aromatic rings. The van der Waals surface area contributed by atoms with E-state index >= 15 is 0 Å². The summed E-state index contributed by atoms with van der Waals surface area (Å²) >= 11 is 0. The summed E-state index contributed by atoms with van der Waals surface area (Å²) in [6.07, 6.45) is 8.33. The highest BCUT2D eigenvalue weighted by Crippen LogP contribution is 2.03. The van der Waals surface area contributed by atoms with Gasteiger partial charge in [0.1, 0.15) is 12.9 Å². The van der Waals surface area contributed by atoms with Crippen LogP contribution >= 0.6 is 0 Å². The standard InChI is InChI=1S/C9H16O2/c1-4-6-7-9(5-2)11-8-10-3/h2,9H,4,6-8H2,1,3H3/t9-/m1/s1. The molecule has 0 aliphatic heterocycles. The number of unbranched alkanes of at least 4 members (excludes halogenated alkanes) is 1. The fourth-order valence-electron chi connectivity index (χ4n) is 0.754. The van der Waals surface area contributed by atoms with Crippen LogP contribution in [0.1, 0.15) is 26.2 Å². The van der Waals surface area contributed by atoms with Crippen molar-refractivity contribution in [3.8, 4) is 12.3 Å². The highest BCUT2D eigenvalue weighted by atomic mass is 16.7. The zero-order chi connectivity index (χ0) is 8.53. The van der Waals surface area contributed by atoms with Crippen molar-refractivity contribution in [2.75, 3.05) is 13.9 Å². The number of hydrogen-bond donors (Lipinski definition) is 0. The van der Waals surface area contributed by atoms with Gasteiger partial charge in [0.25, 0.3) is 0 Å². The van der Waals surface area contributed by atoms with Crippen molar-refractivity contribution in [3.63, 3.8) is 0 Å². The molecule has 0 aromatic heterocycles. The van der Waals surface area contributed by atoms with E-state index in [4.69, 9.17) is 15.9 Å². The number of terminal acetylenes is 1. The van der Waals surface area contributed by atoms with Crippen LogP contribution in [-0.2, 0) is 9.47 Å². The van der Waals surface area contributed by atoms with Crippen molar-refractivity contribution in [2.45, 2.75) is 32.3 Å². The summed E-state index contributed by atoms with van der Waals surface area (Å²) in [7, 11) is 1.59. The summed E-state index contributed by atoms with van der Waals surface area (Å²) in [6.45, 7) is 2.42. The van der Waals surface area contributed by atoms with Crippen LogP contribution in [0.15, 0.2) is 0 Å². The Morgan fingerprint density at radius 3 is 2.73 bits per heavy atom. The topological polar surface area (TPSA) is 18.5 Å². The van der Waals surface area contributed by atoms with Gasteiger partial charge in [-0.1, -0.05) is 25.7 Å².